The van der Waals surface area contributed by atoms with Crippen LogP contribution in [0.5, 0.6) is 0 Å². The average Bonchev–Trinajstić information content (AvgIpc) is 2.15. The normalized spacial score (nSPS) is 27.4. The molecule has 0 bridgehead atoms. The minimum Gasteiger partial charge on any atom is -0.356 e. The first-order valence-electron chi connectivity index (χ1n) is 5.01. The molecule has 2 nitrogen and oxygen atoms in total. The molecule has 1 aliphatic rings. The molecule has 0 aromatic carbocycles. The van der Waals surface area contributed by atoms with Crippen molar-refractivity contribution >= 4 is 62.3 Å². The Kier molecular flexibility index (Phi) is 19.7. The summed E-state index contributed by atoms with van der Waals surface area (Å²) in [4.78, 5) is 0. The Balaban J connectivity index is -0.000000221. The number of hydrogen-bond donors (Lipinski definition) is 0. The fourth-order valence-electron chi connectivity index (χ4n) is 1.00. The predicted molar refractivity (Wildman–Crippen MR) is 95.4 cm³/mol. The van der Waals surface area contributed by atoms with E-state index in [0.717, 1.165) is 13.7 Å². The van der Waals surface area contributed by atoms with Crippen LogP contribution >= 0.6 is 62.3 Å². The third kappa shape index (κ3) is 13.9. The van der Waals surface area contributed by atoms with Crippen LogP contribution in [0.1, 0.15) is 27.7 Å². The van der Waals surface area contributed by atoms with Crippen LogP contribution in [-0.4, -0.2) is 34.3 Å². The maximum atomic E-state index is 4.68. The standard InChI is InChI=1S/C6H12S3.C4H10O2.2H2S/c1-4-7-5(2)9-6(3)8-4;1-4(5-2)6-3;;/h4-6H,1-3H3;4H,1-3H3;2*1H2. The smallest absolute Gasteiger partial charge is 0.154 e. The van der Waals surface area contributed by atoms with Crippen molar-refractivity contribution in [3.8, 4) is 0 Å². The van der Waals surface area contributed by atoms with Crippen molar-refractivity contribution in [1.82, 2.24) is 0 Å². The van der Waals surface area contributed by atoms with Gasteiger partial charge in [0.2, 0.25) is 0 Å². The Morgan fingerprint density at radius 2 is 1.00 bits per heavy atom. The predicted octanol–water partition coefficient (Wildman–Crippen LogP) is 4.09. The molecular formula is C10H26O2S5. The Morgan fingerprint density at radius 3 is 1.12 bits per heavy atom. The van der Waals surface area contributed by atoms with Crippen molar-refractivity contribution in [2.24, 2.45) is 0 Å². The van der Waals surface area contributed by atoms with Crippen LogP contribution in [0.25, 0.3) is 0 Å². The van der Waals surface area contributed by atoms with Gasteiger partial charge in [0, 0.05) is 28.0 Å². The molecule has 0 N–H and O–H groups in total. The Labute approximate surface area is 133 Å². The Bertz CT molecular complexity index is 133. The second kappa shape index (κ2) is 14.1. The van der Waals surface area contributed by atoms with E-state index in [1.807, 2.05) is 6.92 Å². The summed E-state index contributed by atoms with van der Waals surface area (Å²) in [5.74, 6) is 0. The quantitative estimate of drug-likeness (QED) is 0.704. The highest BCUT2D eigenvalue weighted by molar-refractivity contribution is 8.33. The molecule has 108 valence electrons. The number of hydrogen-bond acceptors (Lipinski definition) is 5. The molecule has 0 aliphatic carbocycles. The molecule has 0 atom stereocenters. The van der Waals surface area contributed by atoms with E-state index in [1.54, 1.807) is 14.2 Å². The van der Waals surface area contributed by atoms with Crippen molar-refractivity contribution in [3.63, 3.8) is 0 Å². The van der Waals surface area contributed by atoms with Crippen LogP contribution in [0.4, 0.5) is 0 Å². The van der Waals surface area contributed by atoms with Gasteiger partial charge in [-0.2, -0.15) is 27.0 Å². The molecule has 1 heterocycles. The van der Waals surface area contributed by atoms with Crippen molar-refractivity contribution in [2.75, 3.05) is 14.2 Å². The maximum absolute atomic E-state index is 4.68. The number of methoxy groups -OCH3 is 2. The molecule has 1 aliphatic heterocycles. The lowest BCUT2D eigenvalue weighted by Crippen LogP contribution is -2.10. The van der Waals surface area contributed by atoms with E-state index < -0.39 is 0 Å². The first kappa shape index (κ1) is 23.7. The molecule has 7 heteroatoms. The molecule has 0 aromatic rings. The van der Waals surface area contributed by atoms with E-state index >= 15 is 0 Å². The van der Waals surface area contributed by atoms with Gasteiger partial charge in [-0.05, 0) is 27.7 Å². The van der Waals surface area contributed by atoms with E-state index in [4.69, 9.17) is 0 Å². The van der Waals surface area contributed by atoms with E-state index in [2.05, 4.69) is 65.5 Å². The third-order valence-corrected chi connectivity index (χ3v) is 6.11. The zero-order chi connectivity index (χ0) is 11.8. The van der Waals surface area contributed by atoms with Gasteiger partial charge in [-0.15, -0.1) is 35.3 Å². The highest BCUT2D eigenvalue weighted by atomic mass is 32.3. The lowest BCUT2D eigenvalue weighted by molar-refractivity contribution is -0.0877. The molecule has 0 amide bonds. The van der Waals surface area contributed by atoms with Gasteiger partial charge in [0.15, 0.2) is 6.29 Å². The van der Waals surface area contributed by atoms with E-state index in [9.17, 15) is 0 Å². The van der Waals surface area contributed by atoms with Gasteiger partial charge in [-0.3, -0.25) is 0 Å². The molecule has 17 heavy (non-hydrogen) atoms. The summed E-state index contributed by atoms with van der Waals surface area (Å²) in [6.07, 6.45) is -0.0648. The Hall–Kier alpha value is 1.67. The van der Waals surface area contributed by atoms with Crippen molar-refractivity contribution in [1.29, 1.82) is 0 Å². The number of ether oxygens (including phenoxy) is 2. The fraction of sp³-hybridized carbons (Fsp3) is 1.00. The first-order valence-corrected chi connectivity index (χ1v) is 7.84. The van der Waals surface area contributed by atoms with Gasteiger partial charge in [0.25, 0.3) is 0 Å². The number of rotatable bonds is 2. The van der Waals surface area contributed by atoms with Crippen molar-refractivity contribution < 1.29 is 9.47 Å². The van der Waals surface area contributed by atoms with Crippen molar-refractivity contribution in [2.45, 2.75) is 47.7 Å². The van der Waals surface area contributed by atoms with E-state index in [0.29, 0.717) is 0 Å². The topological polar surface area (TPSA) is 18.5 Å². The van der Waals surface area contributed by atoms with Crippen LogP contribution in [0.3, 0.4) is 0 Å². The second-order valence-corrected chi connectivity index (χ2v) is 9.10. The molecule has 1 saturated heterocycles. The largest absolute Gasteiger partial charge is 0.356 e. The molecule has 1 rings (SSSR count). The monoisotopic (exact) mass is 338 g/mol. The molecule has 1 fully saturated rings. The highest BCUT2D eigenvalue weighted by Gasteiger charge is 2.21. The zero-order valence-electron chi connectivity index (χ0n) is 11.4. The van der Waals surface area contributed by atoms with Crippen LogP contribution in [-0.2, 0) is 9.47 Å². The summed E-state index contributed by atoms with van der Waals surface area (Å²) >= 11 is 6.21. The molecule has 0 unspecified atom stereocenters. The van der Waals surface area contributed by atoms with Crippen LogP contribution in [0, 0.1) is 0 Å². The maximum Gasteiger partial charge on any atom is 0.154 e. The lowest BCUT2D eigenvalue weighted by atomic mass is 10.8. The van der Waals surface area contributed by atoms with Gasteiger partial charge in [-0.1, -0.05) is 0 Å². The minimum absolute atomic E-state index is 0. The highest BCUT2D eigenvalue weighted by Crippen LogP contribution is 2.45. The molecule has 0 spiro atoms. The zero-order valence-corrected chi connectivity index (χ0v) is 15.8. The summed E-state index contributed by atoms with van der Waals surface area (Å²) in [5.41, 5.74) is 0. The minimum atomic E-state index is -0.0648. The summed E-state index contributed by atoms with van der Waals surface area (Å²) in [7, 11) is 3.21. The van der Waals surface area contributed by atoms with Crippen LogP contribution in [0.2, 0.25) is 0 Å². The van der Waals surface area contributed by atoms with Crippen LogP contribution in [0.15, 0.2) is 0 Å². The van der Waals surface area contributed by atoms with Crippen molar-refractivity contribution in [3.05, 3.63) is 0 Å². The van der Waals surface area contributed by atoms with E-state index in [1.165, 1.54) is 0 Å². The number of thioether (sulfide) groups is 3. The summed E-state index contributed by atoms with van der Waals surface area (Å²) in [6, 6.07) is 0. The Morgan fingerprint density at radius 1 is 0.765 bits per heavy atom. The summed E-state index contributed by atoms with van der Waals surface area (Å²) < 4.78 is 11.8. The first-order chi connectivity index (χ1) is 6.99. The molecule has 0 saturated carbocycles. The molecular weight excluding hydrogens is 312 g/mol. The van der Waals surface area contributed by atoms with Gasteiger partial charge < -0.3 is 9.47 Å². The molecule has 0 radical (unpaired) electrons. The van der Waals surface area contributed by atoms with Gasteiger partial charge in [-0.25, -0.2) is 0 Å². The second-order valence-electron chi connectivity index (χ2n) is 3.15. The lowest BCUT2D eigenvalue weighted by Gasteiger charge is -2.27. The fourth-order valence-corrected chi connectivity index (χ4v) is 7.02. The average molecular weight is 339 g/mol. The van der Waals surface area contributed by atoms with Gasteiger partial charge >= 0.3 is 0 Å². The summed E-state index contributed by atoms with van der Waals surface area (Å²) in [5, 5.41) is 0. The third-order valence-electron chi connectivity index (χ3n) is 1.81. The summed E-state index contributed by atoms with van der Waals surface area (Å²) in [6.45, 7) is 8.71. The van der Waals surface area contributed by atoms with Crippen LogP contribution < -0.4 is 0 Å². The van der Waals surface area contributed by atoms with E-state index in [-0.39, 0.29) is 33.3 Å². The van der Waals surface area contributed by atoms with Gasteiger partial charge in [0.05, 0.1) is 0 Å². The van der Waals surface area contributed by atoms with Gasteiger partial charge in [0.1, 0.15) is 0 Å². The SMILES string of the molecule is CC1SC(C)SC(C)S1.COC(C)OC.S.S. The molecule has 0 aromatic heterocycles.